The molecule has 0 bridgehead atoms. The molecule has 6 aromatic carbocycles. The fraction of sp³-hybridized carbons (Fsp3) is 0.0909. The minimum absolute atomic E-state index is 0.0726. The van der Waals surface area contributed by atoms with Gasteiger partial charge < -0.3 is 15.2 Å². The van der Waals surface area contributed by atoms with Gasteiger partial charge in [0, 0.05) is 18.8 Å². The maximum Gasteiger partial charge on any atom is 0.411 e. The Morgan fingerprint density at radius 1 is 0.500 bits per heavy atom. The van der Waals surface area contributed by atoms with Gasteiger partial charge in [0.2, 0.25) is 15.3 Å². The quantitative estimate of drug-likeness (QED) is 0.0852. The second-order valence-electron chi connectivity index (χ2n) is 14.1. The number of ether oxygens (including phenoxy) is 2. The molecular weight excluding hydrogens is 845 g/mol. The lowest BCUT2D eigenvalue weighted by molar-refractivity contribution is -0.288. The van der Waals surface area contributed by atoms with Gasteiger partial charge >= 0.3 is 12.4 Å². The predicted octanol–water partition coefficient (Wildman–Crippen LogP) is 9.12. The van der Waals surface area contributed by atoms with Gasteiger partial charge in [-0.3, -0.25) is 24.1 Å². The van der Waals surface area contributed by atoms with Crippen LogP contribution in [0.5, 0.6) is 23.0 Å². The number of imide groups is 2. The molecule has 0 fully saturated rings. The molecule has 2 aliphatic heterocycles. The first-order valence-electron chi connectivity index (χ1n) is 18.1. The van der Waals surface area contributed by atoms with Gasteiger partial charge in [0.25, 0.3) is 23.6 Å². The van der Waals surface area contributed by atoms with E-state index in [2.05, 4.69) is 0 Å². The van der Waals surface area contributed by atoms with Crippen molar-refractivity contribution < 1.29 is 63.4 Å². The van der Waals surface area contributed by atoms with Crippen LogP contribution in [0.2, 0.25) is 0 Å². The van der Waals surface area contributed by atoms with Gasteiger partial charge in [-0.05, 0) is 108 Å². The number of anilines is 2. The third-order valence-corrected chi connectivity index (χ3v) is 12.1. The van der Waals surface area contributed by atoms with Gasteiger partial charge in [0.15, 0.2) is 0 Å². The Balaban J connectivity index is 1.05. The zero-order chi connectivity index (χ0) is 44.5. The Morgan fingerprint density at radius 3 is 1.45 bits per heavy atom. The molecule has 6 aromatic rings. The number of rotatable bonds is 9. The van der Waals surface area contributed by atoms with Gasteiger partial charge in [-0.25, -0.2) is 13.3 Å². The van der Waals surface area contributed by atoms with Crippen molar-refractivity contribution in [3.05, 3.63) is 167 Å². The zero-order valence-corrected chi connectivity index (χ0v) is 32.4. The molecule has 2 N–H and O–H groups in total. The lowest BCUT2D eigenvalue weighted by atomic mass is 9.71. The van der Waals surface area contributed by atoms with Crippen LogP contribution in [0, 0.1) is 0 Å². The molecule has 18 heteroatoms. The van der Waals surface area contributed by atoms with E-state index in [-0.39, 0.29) is 38.3 Å². The van der Waals surface area contributed by atoms with Crippen molar-refractivity contribution in [2.45, 2.75) is 27.6 Å². The highest BCUT2D eigenvalue weighted by Crippen LogP contribution is 2.57. The van der Waals surface area contributed by atoms with Crippen LogP contribution >= 0.6 is 0 Å². The summed E-state index contributed by atoms with van der Waals surface area (Å²) in [6, 6.07) is 26.0. The number of nitrogens with two attached hydrogens (primary N) is 1. The number of nitrogens with zero attached hydrogens (tertiary/aromatic N) is 2. The summed E-state index contributed by atoms with van der Waals surface area (Å²) in [5.41, 5.74) is -3.86. The molecular formula is C44H27F6N3O8S. The molecule has 0 saturated carbocycles. The summed E-state index contributed by atoms with van der Waals surface area (Å²) in [7, 11) is -3.08. The molecule has 2 heterocycles. The van der Waals surface area contributed by atoms with Gasteiger partial charge in [0.1, 0.15) is 23.0 Å². The molecule has 0 atom stereocenters. The molecule has 0 spiro atoms. The van der Waals surface area contributed by atoms with Crippen molar-refractivity contribution >= 4 is 44.8 Å². The van der Waals surface area contributed by atoms with E-state index in [1.54, 1.807) is 30.3 Å². The Labute approximate surface area is 347 Å². The third-order valence-electron chi connectivity index (χ3n) is 10.3. The molecule has 0 aliphatic carbocycles. The Kier molecular flexibility index (Phi) is 9.73. The average Bonchev–Trinajstić information content (AvgIpc) is 3.59. The van der Waals surface area contributed by atoms with Crippen molar-refractivity contribution in [1.29, 1.82) is 0 Å². The third kappa shape index (κ3) is 6.68. The van der Waals surface area contributed by atoms with E-state index in [1.807, 2.05) is 0 Å². The van der Waals surface area contributed by atoms with Gasteiger partial charge in [-0.1, -0.05) is 30.3 Å². The van der Waals surface area contributed by atoms with Crippen LogP contribution in [-0.2, 0) is 15.3 Å². The smallest absolute Gasteiger partial charge is 0.411 e. The molecule has 8 rings (SSSR count). The largest absolute Gasteiger partial charge is 0.457 e. The normalized spacial score (nSPS) is 14.3. The molecule has 314 valence electrons. The monoisotopic (exact) mass is 871 g/mol. The number of fused-ring (bicyclic) bond motifs is 2. The van der Waals surface area contributed by atoms with Crippen LogP contribution in [0.3, 0.4) is 0 Å². The molecule has 0 saturated heterocycles. The summed E-state index contributed by atoms with van der Waals surface area (Å²) < 4.78 is 129. The van der Waals surface area contributed by atoms with Crippen molar-refractivity contribution in [2.24, 2.45) is 0 Å². The fourth-order valence-electron chi connectivity index (χ4n) is 7.34. The number of benzene rings is 6. The first-order valence-corrected chi connectivity index (χ1v) is 19.6. The SMILES string of the molecule is CN1C(=O)c2ccc(C(c3ccc4c(c3)C(=O)N(c3ccc(Oc5cccc(S(=O)(=O)c6cccc(Oc7cccc(N)c7)c6)c5)cc3)C4=O)(C(F)(F)F)C(F)(F)F)cc2C1=O. The number of halogens is 6. The highest BCUT2D eigenvalue weighted by Gasteiger charge is 2.73. The minimum Gasteiger partial charge on any atom is -0.457 e. The lowest BCUT2D eigenvalue weighted by Crippen LogP contribution is -2.55. The summed E-state index contributed by atoms with van der Waals surface area (Å²) in [5.74, 6) is -3.48. The van der Waals surface area contributed by atoms with E-state index in [4.69, 9.17) is 15.2 Å². The van der Waals surface area contributed by atoms with Gasteiger partial charge in [-0.15, -0.1) is 0 Å². The molecule has 62 heavy (non-hydrogen) atoms. The van der Waals surface area contributed by atoms with E-state index in [0.29, 0.717) is 57.6 Å². The minimum atomic E-state index is -6.12. The summed E-state index contributed by atoms with van der Waals surface area (Å²) in [6.07, 6.45) is -12.2. The fourth-order valence-corrected chi connectivity index (χ4v) is 8.67. The standard InChI is InChI=1S/C44H27F6N3O8S/c1-52-38(54)34-17-11-24(19-36(34)39(52)55)42(43(45,46)47,44(48,49)50)25-12-18-35-37(20-25)41(57)53(40(35)56)27-13-15-28(16-14-27)60-30-7-3-9-32(22-30)62(58,59)33-10-4-8-31(23-33)61-29-6-2-5-26(51)21-29/h2-23H,51H2,1H3. The van der Waals surface area contributed by atoms with Crippen LogP contribution in [0.25, 0.3) is 0 Å². The Bertz CT molecular complexity index is 2970. The average molecular weight is 872 g/mol. The predicted molar refractivity (Wildman–Crippen MR) is 209 cm³/mol. The maximum atomic E-state index is 15.1. The van der Waals surface area contributed by atoms with Crippen molar-refractivity contribution in [2.75, 3.05) is 17.7 Å². The van der Waals surface area contributed by atoms with Crippen molar-refractivity contribution in [3.8, 4) is 23.0 Å². The topological polar surface area (TPSA) is 153 Å². The zero-order valence-electron chi connectivity index (χ0n) is 31.6. The second kappa shape index (κ2) is 14.6. The second-order valence-corrected chi connectivity index (χ2v) is 16.1. The number of hydrogen-bond acceptors (Lipinski definition) is 9. The van der Waals surface area contributed by atoms with E-state index >= 15 is 26.3 Å². The summed E-state index contributed by atoms with van der Waals surface area (Å²) >= 11 is 0. The number of alkyl halides is 6. The van der Waals surface area contributed by atoms with Crippen molar-refractivity contribution in [1.82, 2.24) is 4.90 Å². The highest BCUT2D eigenvalue weighted by molar-refractivity contribution is 7.91. The molecule has 0 radical (unpaired) electrons. The van der Waals surface area contributed by atoms with Crippen LogP contribution in [0.15, 0.2) is 143 Å². The van der Waals surface area contributed by atoms with Crippen LogP contribution in [0.4, 0.5) is 37.7 Å². The van der Waals surface area contributed by atoms with Crippen LogP contribution in [0.1, 0.15) is 52.6 Å². The van der Waals surface area contributed by atoms with Crippen LogP contribution in [-0.4, -0.2) is 56.3 Å². The number of amides is 4. The van der Waals surface area contributed by atoms with E-state index < -0.39 is 79.1 Å². The highest BCUT2D eigenvalue weighted by atomic mass is 32.2. The summed E-state index contributed by atoms with van der Waals surface area (Å²) in [5, 5.41) is 0. The number of nitrogen functional groups attached to an aromatic ring is 1. The first-order chi connectivity index (χ1) is 29.2. The van der Waals surface area contributed by atoms with E-state index in [0.717, 1.165) is 7.05 Å². The maximum absolute atomic E-state index is 15.1. The molecule has 11 nitrogen and oxygen atoms in total. The number of carbonyl (C=O) groups is 4. The number of hydrogen-bond donors (Lipinski definition) is 1. The van der Waals surface area contributed by atoms with Gasteiger partial charge in [0.05, 0.1) is 37.7 Å². The van der Waals surface area contributed by atoms with Crippen LogP contribution < -0.4 is 20.1 Å². The molecule has 4 amide bonds. The summed E-state index contributed by atoms with van der Waals surface area (Å²) in [4.78, 5) is 53.1. The lowest BCUT2D eigenvalue weighted by Gasteiger charge is -2.38. The van der Waals surface area contributed by atoms with E-state index in [9.17, 15) is 27.6 Å². The molecule has 0 unspecified atom stereocenters. The molecule has 2 aliphatic rings. The van der Waals surface area contributed by atoms with E-state index in [1.165, 1.54) is 66.7 Å². The Morgan fingerprint density at radius 2 is 0.935 bits per heavy atom. The Hall–Kier alpha value is -7.47. The van der Waals surface area contributed by atoms with Crippen molar-refractivity contribution in [3.63, 3.8) is 0 Å². The summed E-state index contributed by atoms with van der Waals surface area (Å²) in [6.45, 7) is 0. The number of carbonyl (C=O) groups excluding carboxylic acids is 4. The number of sulfone groups is 1. The first kappa shape index (κ1) is 41.3. The van der Waals surface area contributed by atoms with Gasteiger partial charge in [-0.2, -0.15) is 26.3 Å². The molecule has 0 aromatic heterocycles.